The lowest BCUT2D eigenvalue weighted by Crippen LogP contribution is -2.48. The van der Waals surface area contributed by atoms with Crippen molar-refractivity contribution in [2.24, 2.45) is 0 Å². The van der Waals surface area contributed by atoms with Gasteiger partial charge < -0.3 is 0 Å². The number of aromatic nitrogens is 3. The predicted octanol–water partition coefficient (Wildman–Crippen LogP) is -1.30. The summed E-state index contributed by atoms with van der Waals surface area (Å²) in [7, 11) is 0. The maximum absolute atomic E-state index is 11.9. The van der Waals surface area contributed by atoms with Gasteiger partial charge in [-0.15, -0.1) is 13.2 Å². The monoisotopic (exact) mass is 197 g/mol. The Morgan fingerprint density at radius 2 is 1.38 bits per heavy atom. The Morgan fingerprint density at radius 1 is 1.00 bits per heavy atom. The molecule has 0 aliphatic heterocycles. The highest BCUT2D eigenvalue weighted by Gasteiger charge is 2.34. The van der Waals surface area contributed by atoms with E-state index >= 15 is 0 Å². The second kappa shape index (κ2) is 2.61. The fourth-order valence-electron chi connectivity index (χ4n) is 0.660. The molecule has 1 aromatic rings. The highest BCUT2D eigenvalue weighted by atomic mass is 19.4. The summed E-state index contributed by atoms with van der Waals surface area (Å²) in [5.74, 6) is 0. The van der Waals surface area contributed by atoms with Gasteiger partial charge in [-0.1, -0.05) is 0 Å². The number of rotatable bonds is 0. The number of nitrogens with one attached hydrogen (secondary N) is 2. The summed E-state index contributed by atoms with van der Waals surface area (Å²) < 4.78 is 34.5. The van der Waals surface area contributed by atoms with Crippen molar-refractivity contribution in [1.29, 1.82) is 0 Å². The number of halogens is 3. The summed E-state index contributed by atoms with van der Waals surface area (Å²) in [6.45, 7) is 0. The summed E-state index contributed by atoms with van der Waals surface area (Å²) >= 11 is 0. The number of H-pyrrole nitrogens is 2. The standard InChI is InChI=1S/C4H2F3N3O3/c5-4(6,7)10-2(12)8-1(11)9-3(10)13/h(H2,8,9,11,12,13). The number of aromatic amines is 2. The molecule has 9 heteroatoms. The van der Waals surface area contributed by atoms with E-state index in [9.17, 15) is 27.6 Å². The molecule has 0 amide bonds. The minimum absolute atomic E-state index is 1.05. The molecule has 0 saturated carbocycles. The van der Waals surface area contributed by atoms with Crippen molar-refractivity contribution < 1.29 is 13.2 Å². The zero-order chi connectivity index (χ0) is 10.2. The molecule has 2 N–H and O–H groups in total. The number of hydrogen-bond donors (Lipinski definition) is 2. The van der Waals surface area contributed by atoms with Crippen LogP contribution in [-0.4, -0.2) is 14.5 Å². The normalized spacial score (nSPS) is 11.6. The van der Waals surface area contributed by atoms with Crippen LogP contribution in [0.25, 0.3) is 0 Å². The van der Waals surface area contributed by atoms with Crippen LogP contribution < -0.4 is 17.1 Å². The average molecular weight is 197 g/mol. The largest absolute Gasteiger partial charge is 0.496 e. The molecule has 72 valence electrons. The maximum atomic E-state index is 11.9. The molecule has 0 radical (unpaired) electrons. The number of nitrogens with zero attached hydrogens (tertiary/aromatic N) is 1. The van der Waals surface area contributed by atoms with Crippen molar-refractivity contribution in [3.63, 3.8) is 0 Å². The second-order valence-electron chi connectivity index (χ2n) is 1.99. The molecule has 0 atom stereocenters. The van der Waals surface area contributed by atoms with Crippen molar-refractivity contribution in [2.45, 2.75) is 6.30 Å². The number of hydrogen-bond acceptors (Lipinski definition) is 3. The summed E-state index contributed by atoms with van der Waals surface area (Å²) in [5, 5.41) is 0. The highest BCUT2D eigenvalue weighted by Crippen LogP contribution is 2.16. The summed E-state index contributed by atoms with van der Waals surface area (Å²) in [4.78, 5) is 33.8. The topological polar surface area (TPSA) is 87.7 Å². The predicted molar refractivity (Wildman–Crippen MR) is 33.2 cm³/mol. The van der Waals surface area contributed by atoms with Crippen LogP contribution in [0.15, 0.2) is 14.4 Å². The zero-order valence-corrected chi connectivity index (χ0v) is 5.81. The quantitative estimate of drug-likeness (QED) is 0.541. The first-order valence-electron chi connectivity index (χ1n) is 2.85. The van der Waals surface area contributed by atoms with Crippen LogP contribution in [-0.2, 0) is 6.30 Å². The van der Waals surface area contributed by atoms with Crippen molar-refractivity contribution in [3.05, 3.63) is 31.5 Å². The molecule has 0 bridgehead atoms. The summed E-state index contributed by atoms with van der Waals surface area (Å²) in [6.07, 6.45) is -5.14. The van der Waals surface area contributed by atoms with E-state index in [1.165, 1.54) is 9.97 Å². The lowest BCUT2D eigenvalue weighted by Gasteiger charge is -2.05. The van der Waals surface area contributed by atoms with Crippen molar-refractivity contribution >= 4 is 0 Å². The Labute approximate surface area is 66.6 Å². The molecular formula is C4H2F3N3O3. The van der Waals surface area contributed by atoms with Crippen LogP contribution in [0.1, 0.15) is 0 Å². The maximum Gasteiger partial charge on any atom is 0.496 e. The third-order valence-electron chi connectivity index (χ3n) is 1.10. The molecule has 6 nitrogen and oxygen atoms in total. The van der Waals surface area contributed by atoms with Crippen molar-refractivity contribution in [3.8, 4) is 0 Å². The lowest BCUT2D eigenvalue weighted by molar-refractivity contribution is -0.209. The van der Waals surface area contributed by atoms with Gasteiger partial charge in [0.15, 0.2) is 0 Å². The second-order valence-corrected chi connectivity index (χ2v) is 1.99. The van der Waals surface area contributed by atoms with E-state index in [2.05, 4.69) is 0 Å². The Morgan fingerprint density at radius 3 is 1.69 bits per heavy atom. The molecule has 0 aromatic carbocycles. The fourth-order valence-corrected chi connectivity index (χ4v) is 0.660. The fraction of sp³-hybridized carbons (Fsp3) is 0.250. The van der Waals surface area contributed by atoms with Crippen LogP contribution in [0.5, 0.6) is 0 Å². The molecule has 0 fully saturated rings. The Kier molecular flexibility index (Phi) is 1.86. The van der Waals surface area contributed by atoms with Gasteiger partial charge in [-0.2, -0.15) is 4.57 Å². The molecule has 13 heavy (non-hydrogen) atoms. The Bertz CT molecular complexity index is 444. The SMILES string of the molecule is O=c1[nH]c(=O)n(C(F)(F)F)c(=O)[nH]1. The van der Waals surface area contributed by atoms with E-state index in [-0.39, 0.29) is 0 Å². The van der Waals surface area contributed by atoms with Gasteiger partial charge in [-0.3, -0.25) is 9.97 Å². The molecular weight excluding hydrogens is 195 g/mol. The zero-order valence-electron chi connectivity index (χ0n) is 5.81. The van der Waals surface area contributed by atoms with Gasteiger partial charge in [-0.05, 0) is 0 Å². The Balaban J connectivity index is 3.67. The van der Waals surface area contributed by atoms with Gasteiger partial charge in [0.25, 0.3) is 0 Å². The van der Waals surface area contributed by atoms with E-state index in [0.717, 1.165) is 0 Å². The van der Waals surface area contributed by atoms with Gasteiger partial charge >= 0.3 is 23.4 Å². The van der Waals surface area contributed by atoms with E-state index in [0.29, 0.717) is 0 Å². The lowest BCUT2D eigenvalue weighted by atomic mass is 10.9. The van der Waals surface area contributed by atoms with E-state index < -0.39 is 27.9 Å². The van der Waals surface area contributed by atoms with Crippen LogP contribution in [0, 0.1) is 0 Å². The van der Waals surface area contributed by atoms with Gasteiger partial charge in [-0.25, -0.2) is 14.4 Å². The van der Waals surface area contributed by atoms with Crippen LogP contribution in [0.4, 0.5) is 13.2 Å². The number of alkyl halides is 3. The van der Waals surface area contributed by atoms with Gasteiger partial charge in [0.2, 0.25) is 0 Å². The minimum Gasteiger partial charge on any atom is -0.259 e. The van der Waals surface area contributed by atoms with Crippen LogP contribution in [0.2, 0.25) is 0 Å². The van der Waals surface area contributed by atoms with E-state index in [1.54, 1.807) is 0 Å². The summed E-state index contributed by atoms with van der Waals surface area (Å²) in [5.41, 5.74) is -4.92. The highest BCUT2D eigenvalue weighted by molar-refractivity contribution is 4.71. The van der Waals surface area contributed by atoms with E-state index in [1.807, 2.05) is 0 Å². The first-order valence-corrected chi connectivity index (χ1v) is 2.85. The molecule has 0 aliphatic carbocycles. The summed E-state index contributed by atoms with van der Waals surface area (Å²) in [6, 6.07) is 0. The molecule has 0 saturated heterocycles. The van der Waals surface area contributed by atoms with Crippen molar-refractivity contribution in [2.75, 3.05) is 0 Å². The average Bonchev–Trinajstić information content (AvgIpc) is 1.78. The van der Waals surface area contributed by atoms with Gasteiger partial charge in [0, 0.05) is 0 Å². The molecule has 0 aliphatic rings. The molecule has 1 rings (SSSR count). The smallest absolute Gasteiger partial charge is 0.259 e. The van der Waals surface area contributed by atoms with Crippen molar-refractivity contribution in [1.82, 2.24) is 14.5 Å². The molecule has 0 unspecified atom stereocenters. The minimum atomic E-state index is -5.14. The van der Waals surface area contributed by atoms with Crippen LogP contribution >= 0.6 is 0 Å². The third kappa shape index (κ3) is 1.68. The molecule has 1 heterocycles. The molecule has 0 spiro atoms. The third-order valence-corrected chi connectivity index (χ3v) is 1.10. The van der Waals surface area contributed by atoms with Gasteiger partial charge in [0.05, 0.1) is 0 Å². The Hall–Kier alpha value is -1.80. The first-order chi connectivity index (χ1) is 5.82. The first kappa shape index (κ1) is 9.29. The van der Waals surface area contributed by atoms with Crippen LogP contribution in [0.3, 0.4) is 0 Å². The molecule has 1 aromatic heterocycles. The van der Waals surface area contributed by atoms with Gasteiger partial charge in [0.1, 0.15) is 0 Å². The van der Waals surface area contributed by atoms with E-state index in [4.69, 9.17) is 0 Å².